The number of benzene rings is 1. The second kappa shape index (κ2) is 6.98. The van der Waals surface area contributed by atoms with E-state index in [0.29, 0.717) is 11.3 Å². The number of rotatable bonds is 5. The van der Waals surface area contributed by atoms with Crippen LogP contribution in [-0.4, -0.2) is 29.7 Å². The highest BCUT2D eigenvalue weighted by Crippen LogP contribution is 2.24. The van der Waals surface area contributed by atoms with E-state index in [9.17, 15) is 9.90 Å². The van der Waals surface area contributed by atoms with Crippen LogP contribution in [0, 0.1) is 6.92 Å². The minimum atomic E-state index is -0.719. The van der Waals surface area contributed by atoms with Crippen molar-refractivity contribution < 1.29 is 14.6 Å². The molecule has 2 heterocycles. The SMILES string of the molecule is COc1ccc2nc(C)cc(C(=O)NCC(O)c3ccsc3)c2c1. The van der Waals surface area contributed by atoms with Crippen molar-refractivity contribution in [3.63, 3.8) is 0 Å². The van der Waals surface area contributed by atoms with Gasteiger partial charge >= 0.3 is 0 Å². The van der Waals surface area contributed by atoms with Crippen LogP contribution in [0.5, 0.6) is 5.75 Å². The van der Waals surface area contributed by atoms with Gasteiger partial charge in [0.2, 0.25) is 0 Å². The number of pyridine rings is 1. The molecule has 1 atom stereocenters. The average Bonchev–Trinajstić information content (AvgIpc) is 3.13. The lowest BCUT2D eigenvalue weighted by Gasteiger charge is -2.13. The number of carbonyl (C=O) groups is 1. The first-order valence-corrected chi connectivity index (χ1v) is 8.46. The smallest absolute Gasteiger partial charge is 0.252 e. The van der Waals surface area contributed by atoms with E-state index in [1.165, 1.54) is 11.3 Å². The number of fused-ring (bicyclic) bond motifs is 1. The Morgan fingerprint density at radius 1 is 1.38 bits per heavy atom. The van der Waals surface area contributed by atoms with Gasteiger partial charge in [-0.15, -0.1) is 0 Å². The van der Waals surface area contributed by atoms with Gasteiger partial charge in [-0.1, -0.05) is 0 Å². The van der Waals surface area contributed by atoms with Crippen LogP contribution in [0.3, 0.4) is 0 Å². The summed E-state index contributed by atoms with van der Waals surface area (Å²) in [5.74, 6) is 0.425. The van der Waals surface area contributed by atoms with E-state index in [-0.39, 0.29) is 12.5 Å². The van der Waals surface area contributed by atoms with Crippen molar-refractivity contribution in [1.29, 1.82) is 0 Å². The van der Waals surface area contributed by atoms with E-state index < -0.39 is 6.10 Å². The summed E-state index contributed by atoms with van der Waals surface area (Å²) in [7, 11) is 1.58. The third kappa shape index (κ3) is 3.39. The van der Waals surface area contributed by atoms with E-state index in [1.807, 2.05) is 35.9 Å². The number of nitrogens with zero attached hydrogens (tertiary/aromatic N) is 1. The molecule has 124 valence electrons. The number of aryl methyl sites for hydroxylation is 1. The largest absolute Gasteiger partial charge is 0.497 e. The van der Waals surface area contributed by atoms with Crippen LogP contribution in [-0.2, 0) is 0 Å². The number of aliphatic hydroxyl groups excluding tert-OH is 1. The highest BCUT2D eigenvalue weighted by atomic mass is 32.1. The van der Waals surface area contributed by atoms with E-state index >= 15 is 0 Å². The van der Waals surface area contributed by atoms with Crippen LogP contribution in [0.2, 0.25) is 0 Å². The van der Waals surface area contributed by atoms with E-state index in [4.69, 9.17) is 4.74 Å². The van der Waals surface area contributed by atoms with Crippen molar-refractivity contribution in [2.45, 2.75) is 13.0 Å². The zero-order valence-electron chi connectivity index (χ0n) is 13.4. The molecule has 6 heteroatoms. The second-order valence-corrected chi connectivity index (χ2v) is 6.26. The van der Waals surface area contributed by atoms with Crippen molar-refractivity contribution in [3.8, 4) is 5.75 Å². The summed E-state index contributed by atoms with van der Waals surface area (Å²) in [5.41, 5.74) is 2.82. The van der Waals surface area contributed by atoms with Crippen molar-refractivity contribution in [2.24, 2.45) is 0 Å². The van der Waals surface area contributed by atoms with Gasteiger partial charge in [-0.3, -0.25) is 9.78 Å². The maximum Gasteiger partial charge on any atom is 0.252 e. The first kappa shape index (κ1) is 16.4. The van der Waals surface area contributed by atoms with Crippen LogP contribution < -0.4 is 10.1 Å². The molecular weight excluding hydrogens is 324 g/mol. The predicted molar refractivity (Wildman–Crippen MR) is 94.6 cm³/mol. The standard InChI is InChI=1S/C18H18N2O3S/c1-11-7-15(14-8-13(23-2)3-4-16(14)20-11)18(22)19-9-17(21)12-5-6-24-10-12/h3-8,10,17,21H,9H2,1-2H3,(H,19,22). The Bertz CT molecular complexity index is 862. The number of hydrogen-bond acceptors (Lipinski definition) is 5. The quantitative estimate of drug-likeness (QED) is 0.747. The van der Waals surface area contributed by atoms with E-state index in [2.05, 4.69) is 10.3 Å². The zero-order valence-corrected chi connectivity index (χ0v) is 14.3. The number of aliphatic hydroxyl groups is 1. The Morgan fingerprint density at radius 2 is 2.21 bits per heavy atom. The van der Waals surface area contributed by atoms with Crippen LogP contribution >= 0.6 is 11.3 Å². The third-order valence-electron chi connectivity index (χ3n) is 3.77. The Balaban J connectivity index is 1.86. The average molecular weight is 342 g/mol. The minimum Gasteiger partial charge on any atom is -0.497 e. The lowest BCUT2D eigenvalue weighted by Crippen LogP contribution is -2.28. The molecule has 3 aromatic rings. The van der Waals surface area contributed by atoms with Gasteiger partial charge in [-0.2, -0.15) is 11.3 Å². The highest BCUT2D eigenvalue weighted by Gasteiger charge is 2.15. The molecule has 0 aliphatic heterocycles. The number of nitrogens with one attached hydrogen (secondary N) is 1. The fourth-order valence-electron chi connectivity index (χ4n) is 2.52. The van der Waals surface area contributed by atoms with Gasteiger partial charge in [-0.05, 0) is 53.6 Å². The first-order valence-electron chi connectivity index (χ1n) is 7.52. The molecule has 1 aromatic carbocycles. The summed E-state index contributed by atoms with van der Waals surface area (Å²) < 4.78 is 5.24. The minimum absolute atomic E-state index is 0.155. The van der Waals surface area contributed by atoms with Crippen molar-refractivity contribution in [1.82, 2.24) is 10.3 Å². The van der Waals surface area contributed by atoms with Gasteiger partial charge in [0.25, 0.3) is 5.91 Å². The molecule has 3 rings (SSSR count). The number of amides is 1. The van der Waals surface area contributed by atoms with Gasteiger partial charge < -0.3 is 15.2 Å². The molecule has 0 saturated heterocycles. The molecule has 0 saturated carbocycles. The third-order valence-corrected chi connectivity index (χ3v) is 4.47. The molecule has 1 unspecified atom stereocenters. The first-order chi connectivity index (χ1) is 11.6. The highest BCUT2D eigenvalue weighted by molar-refractivity contribution is 7.07. The molecule has 0 aliphatic carbocycles. The fraction of sp³-hybridized carbons (Fsp3) is 0.222. The van der Waals surface area contributed by atoms with Crippen LogP contribution in [0.25, 0.3) is 10.9 Å². The molecule has 24 heavy (non-hydrogen) atoms. The summed E-state index contributed by atoms with van der Waals surface area (Å²) in [6, 6.07) is 9.04. The Kier molecular flexibility index (Phi) is 4.78. The van der Waals surface area contributed by atoms with Gasteiger partial charge in [0, 0.05) is 17.6 Å². The molecule has 0 aliphatic rings. The number of aromatic nitrogens is 1. The lowest BCUT2D eigenvalue weighted by atomic mass is 10.1. The topological polar surface area (TPSA) is 71.5 Å². The van der Waals surface area contributed by atoms with Crippen LogP contribution in [0.15, 0.2) is 41.1 Å². The number of ether oxygens (including phenoxy) is 1. The summed E-state index contributed by atoms with van der Waals surface area (Å²) in [6.45, 7) is 2.00. The molecule has 5 nitrogen and oxygen atoms in total. The summed E-state index contributed by atoms with van der Waals surface area (Å²) in [5, 5.41) is 17.4. The van der Waals surface area contributed by atoms with E-state index in [0.717, 1.165) is 22.2 Å². The van der Waals surface area contributed by atoms with Crippen molar-refractivity contribution in [2.75, 3.05) is 13.7 Å². The molecular formula is C18H18N2O3S. The van der Waals surface area contributed by atoms with Crippen molar-refractivity contribution in [3.05, 3.63) is 57.9 Å². The number of carbonyl (C=O) groups excluding carboxylic acids is 1. The zero-order chi connectivity index (χ0) is 17.1. The van der Waals surface area contributed by atoms with Gasteiger partial charge in [0.15, 0.2) is 0 Å². The maximum atomic E-state index is 12.6. The second-order valence-electron chi connectivity index (χ2n) is 5.48. The van der Waals surface area contributed by atoms with Gasteiger partial charge in [0.05, 0.1) is 24.3 Å². The molecule has 1 amide bonds. The Labute approximate surface area is 143 Å². The monoisotopic (exact) mass is 342 g/mol. The summed E-state index contributed by atoms with van der Waals surface area (Å²) in [4.78, 5) is 17.0. The Morgan fingerprint density at radius 3 is 2.92 bits per heavy atom. The van der Waals surface area contributed by atoms with Gasteiger partial charge in [-0.25, -0.2) is 0 Å². The molecule has 0 spiro atoms. The van der Waals surface area contributed by atoms with E-state index in [1.54, 1.807) is 19.2 Å². The predicted octanol–water partition coefficient (Wildman–Crippen LogP) is 3.08. The summed E-state index contributed by atoms with van der Waals surface area (Å²) in [6.07, 6.45) is -0.719. The fourth-order valence-corrected chi connectivity index (χ4v) is 3.23. The molecule has 2 N–H and O–H groups in total. The van der Waals surface area contributed by atoms with Crippen LogP contribution in [0.1, 0.15) is 27.7 Å². The number of thiophene rings is 1. The Hall–Kier alpha value is -2.44. The number of hydrogen-bond donors (Lipinski definition) is 2. The molecule has 0 fully saturated rings. The van der Waals surface area contributed by atoms with Crippen molar-refractivity contribution >= 4 is 28.1 Å². The summed E-state index contributed by atoms with van der Waals surface area (Å²) >= 11 is 1.51. The lowest BCUT2D eigenvalue weighted by molar-refractivity contribution is 0.0918. The van der Waals surface area contributed by atoms with Gasteiger partial charge in [0.1, 0.15) is 5.75 Å². The molecule has 0 radical (unpaired) electrons. The molecule has 2 aromatic heterocycles. The number of methoxy groups -OCH3 is 1. The molecule has 0 bridgehead atoms. The normalized spacial score (nSPS) is 12.1. The van der Waals surface area contributed by atoms with Crippen LogP contribution in [0.4, 0.5) is 0 Å². The maximum absolute atomic E-state index is 12.6.